The van der Waals surface area contributed by atoms with Gasteiger partial charge in [0.05, 0.1) is 6.04 Å². The van der Waals surface area contributed by atoms with E-state index in [1.165, 1.54) is 4.90 Å². The van der Waals surface area contributed by atoms with Gasteiger partial charge in [-0.1, -0.05) is 30.3 Å². The Morgan fingerprint density at radius 3 is 2.48 bits per heavy atom. The van der Waals surface area contributed by atoms with E-state index in [1.54, 1.807) is 0 Å². The summed E-state index contributed by atoms with van der Waals surface area (Å²) in [7, 11) is 0. The van der Waals surface area contributed by atoms with E-state index in [-0.39, 0.29) is 13.0 Å². The second-order valence-corrected chi connectivity index (χ2v) is 5.83. The summed E-state index contributed by atoms with van der Waals surface area (Å²) < 4.78 is 0. The fourth-order valence-electron chi connectivity index (χ4n) is 3.08. The van der Waals surface area contributed by atoms with Crippen LogP contribution in [0.25, 0.3) is 0 Å². The minimum atomic E-state index is -1.13. The van der Waals surface area contributed by atoms with Gasteiger partial charge in [0.1, 0.15) is 6.04 Å². The van der Waals surface area contributed by atoms with Gasteiger partial charge in [0.25, 0.3) is 0 Å². The van der Waals surface area contributed by atoms with Crippen LogP contribution in [-0.4, -0.2) is 46.4 Å². The minimum absolute atomic E-state index is 0.0470. The smallest absolute Gasteiger partial charge is 0.326 e. The van der Waals surface area contributed by atoms with Crippen molar-refractivity contribution >= 4 is 17.8 Å². The summed E-state index contributed by atoms with van der Waals surface area (Å²) in [5.41, 5.74) is 12.0. The van der Waals surface area contributed by atoms with Gasteiger partial charge >= 0.3 is 5.97 Å². The number of carbonyl (C=O) groups is 3. The summed E-state index contributed by atoms with van der Waals surface area (Å²) in [6, 6.07) is 7.44. The van der Waals surface area contributed by atoms with Crippen LogP contribution in [-0.2, 0) is 20.8 Å². The zero-order valence-corrected chi connectivity index (χ0v) is 12.7. The molecule has 124 valence electrons. The number of nitrogens with two attached hydrogens (primary N) is 2. The Morgan fingerprint density at radius 2 is 1.91 bits per heavy atom. The van der Waals surface area contributed by atoms with Crippen molar-refractivity contribution in [1.29, 1.82) is 0 Å². The van der Waals surface area contributed by atoms with E-state index < -0.39 is 35.8 Å². The number of likely N-dealkylation sites (tertiary alicyclic amines) is 1. The Labute approximate surface area is 134 Å². The number of carboxylic acids is 1. The number of benzene rings is 1. The number of hydrogen-bond acceptors (Lipinski definition) is 4. The highest BCUT2D eigenvalue weighted by Gasteiger charge is 2.43. The lowest BCUT2D eigenvalue weighted by atomic mass is 9.96. The highest BCUT2D eigenvalue weighted by Crippen LogP contribution is 2.28. The molecule has 1 heterocycles. The molecular weight excluding hydrogens is 298 g/mol. The van der Waals surface area contributed by atoms with Crippen molar-refractivity contribution in [3.8, 4) is 0 Å². The number of carbonyl (C=O) groups excluding carboxylic acids is 2. The Balaban J connectivity index is 2.08. The van der Waals surface area contributed by atoms with Gasteiger partial charge < -0.3 is 21.5 Å². The predicted octanol–water partition coefficient (Wildman–Crippen LogP) is -0.266. The number of hydrogen-bond donors (Lipinski definition) is 3. The third-order valence-electron chi connectivity index (χ3n) is 4.14. The van der Waals surface area contributed by atoms with Crippen LogP contribution < -0.4 is 11.5 Å². The Bertz CT molecular complexity index is 590. The molecule has 1 aromatic carbocycles. The van der Waals surface area contributed by atoms with Crippen LogP contribution in [0.15, 0.2) is 30.3 Å². The van der Waals surface area contributed by atoms with Gasteiger partial charge in [0.2, 0.25) is 11.8 Å². The molecular formula is C16H21N3O4. The largest absolute Gasteiger partial charge is 0.480 e. The molecule has 7 nitrogen and oxygen atoms in total. The number of nitrogens with zero attached hydrogens (tertiary/aromatic N) is 1. The van der Waals surface area contributed by atoms with Crippen LogP contribution in [0.3, 0.4) is 0 Å². The van der Waals surface area contributed by atoms with Gasteiger partial charge in [-0.05, 0) is 18.4 Å². The molecule has 2 rings (SSSR count). The average molecular weight is 319 g/mol. The quantitative estimate of drug-likeness (QED) is 0.665. The Morgan fingerprint density at radius 1 is 1.26 bits per heavy atom. The van der Waals surface area contributed by atoms with Gasteiger partial charge in [-0.25, -0.2) is 4.79 Å². The summed E-state index contributed by atoms with van der Waals surface area (Å²) in [6.45, 7) is 0.274. The molecule has 1 aliphatic heterocycles. The number of amides is 2. The maximum absolute atomic E-state index is 12.5. The van der Waals surface area contributed by atoms with Crippen molar-refractivity contribution in [3.05, 3.63) is 35.9 Å². The highest BCUT2D eigenvalue weighted by molar-refractivity contribution is 5.88. The molecule has 5 N–H and O–H groups in total. The first-order valence-electron chi connectivity index (χ1n) is 7.51. The molecule has 0 saturated carbocycles. The molecule has 0 unspecified atom stereocenters. The first kappa shape index (κ1) is 17.0. The van der Waals surface area contributed by atoms with Crippen LogP contribution in [0.4, 0.5) is 0 Å². The van der Waals surface area contributed by atoms with Gasteiger partial charge in [0, 0.05) is 18.9 Å². The fraction of sp³-hybridized carbons (Fsp3) is 0.438. The van der Waals surface area contributed by atoms with Crippen molar-refractivity contribution in [2.45, 2.75) is 31.3 Å². The van der Waals surface area contributed by atoms with Crippen molar-refractivity contribution in [2.24, 2.45) is 17.4 Å². The summed E-state index contributed by atoms with van der Waals surface area (Å²) in [6.07, 6.45) is 0.724. The van der Waals surface area contributed by atoms with E-state index in [4.69, 9.17) is 11.5 Å². The molecule has 2 amide bonds. The monoisotopic (exact) mass is 319 g/mol. The zero-order chi connectivity index (χ0) is 17.0. The molecule has 0 aliphatic carbocycles. The molecule has 23 heavy (non-hydrogen) atoms. The lowest BCUT2D eigenvalue weighted by Crippen LogP contribution is -2.50. The fourth-order valence-corrected chi connectivity index (χ4v) is 3.08. The normalized spacial score (nSPS) is 21.9. The standard InChI is InChI=1S/C16H21N3O4/c17-12(8-10-4-2-1-3-5-10)15(21)19-7-6-11(9-13(18)20)14(19)16(22)23/h1-5,11-12,14H,6-9,17H2,(H2,18,20)(H,22,23)/t11-,12+,14+/m1/s1. The molecule has 1 saturated heterocycles. The lowest BCUT2D eigenvalue weighted by Gasteiger charge is -2.27. The molecule has 0 aromatic heterocycles. The van der Waals surface area contributed by atoms with Gasteiger partial charge in [-0.2, -0.15) is 0 Å². The van der Waals surface area contributed by atoms with E-state index in [1.807, 2.05) is 30.3 Å². The predicted molar refractivity (Wildman–Crippen MR) is 83.2 cm³/mol. The van der Waals surface area contributed by atoms with Crippen LogP contribution in [0.5, 0.6) is 0 Å². The molecule has 0 spiro atoms. The van der Waals surface area contributed by atoms with Gasteiger partial charge in [0.15, 0.2) is 0 Å². The van der Waals surface area contributed by atoms with Crippen LogP contribution in [0.2, 0.25) is 0 Å². The summed E-state index contributed by atoms with van der Waals surface area (Å²) in [5, 5.41) is 9.40. The van der Waals surface area contributed by atoms with Crippen molar-refractivity contribution in [3.63, 3.8) is 0 Å². The number of carboxylic acid groups (broad SMARTS) is 1. The van der Waals surface area contributed by atoms with Crippen molar-refractivity contribution in [1.82, 2.24) is 4.90 Å². The van der Waals surface area contributed by atoms with Crippen molar-refractivity contribution < 1.29 is 19.5 Å². The average Bonchev–Trinajstić information content (AvgIpc) is 2.90. The number of aliphatic carboxylic acids is 1. The minimum Gasteiger partial charge on any atom is -0.480 e. The summed E-state index contributed by atoms with van der Waals surface area (Å²) in [5.74, 6) is -2.57. The van der Waals surface area contributed by atoms with Crippen LogP contribution >= 0.6 is 0 Å². The topological polar surface area (TPSA) is 127 Å². The molecule has 3 atom stereocenters. The van der Waals surface area contributed by atoms with Gasteiger partial charge in [-0.15, -0.1) is 0 Å². The first-order valence-corrected chi connectivity index (χ1v) is 7.51. The lowest BCUT2D eigenvalue weighted by molar-refractivity contribution is -0.150. The molecule has 1 aliphatic rings. The van der Waals surface area contributed by atoms with E-state index in [9.17, 15) is 19.5 Å². The first-order chi connectivity index (χ1) is 10.9. The zero-order valence-electron chi connectivity index (χ0n) is 12.7. The second kappa shape index (κ2) is 7.23. The Kier molecular flexibility index (Phi) is 5.33. The van der Waals surface area contributed by atoms with Crippen LogP contribution in [0.1, 0.15) is 18.4 Å². The molecule has 0 radical (unpaired) electrons. The van der Waals surface area contributed by atoms with E-state index >= 15 is 0 Å². The van der Waals surface area contributed by atoms with Crippen LogP contribution in [0, 0.1) is 5.92 Å². The maximum atomic E-state index is 12.5. The number of primary amides is 1. The molecule has 1 aromatic rings. The van der Waals surface area contributed by atoms with E-state index in [0.29, 0.717) is 12.8 Å². The summed E-state index contributed by atoms with van der Waals surface area (Å²) in [4.78, 5) is 36.4. The second-order valence-electron chi connectivity index (χ2n) is 5.83. The number of rotatable bonds is 6. The Hall–Kier alpha value is -2.41. The third-order valence-corrected chi connectivity index (χ3v) is 4.14. The van der Waals surface area contributed by atoms with Crippen molar-refractivity contribution in [2.75, 3.05) is 6.54 Å². The summed E-state index contributed by atoms with van der Waals surface area (Å²) >= 11 is 0. The van der Waals surface area contributed by atoms with Gasteiger partial charge in [-0.3, -0.25) is 9.59 Å². The van der Waals surface area contributed by atoms with E-state index in [0.717, 1.165) is 5.56 Å². The third kappa shape index (κ3) is 4.07. The highest BCUT2D eigenvalue weighted by atomic mass is 16.4. The molecule has 1 fully saturated rings. The van der Waals surface area contributed by atoms with E-state index in [2.05, 4.69) is 0 Å². The maximum Gasteiger partial charge on any atom is 0.326 e. The SMILES string of the molecule is NC(=O)C[C@H]1CCN(C(=O)[C@@H](N)Cc2ccccc2)[C@@H]1C(=O)O. The molecule has 0 bridgehead atoms. The molecule has 7 heteroatoms.